The quantitative estimate of drug-likeness (QED) is 0.574. The van der Waals surface area contributed by atoms with Gasteiger partial charge in [0, 0.05) is 38.3 Å². The number of para-hydroxylation sites is 1. The minimum atomic E-state index is -3.77. The maximum absolute atomic E-state index is 13.3. The van der Waals surface area contributed by atoms with Crippen molar-refractivity contribution in [2.24, 2.45) is 0 Å². The molecule has 1 saturated heterocycles. The van der Waals surface area contributed by atoms with Gasteiger partial charge in [-0.3, -0.25) is 13.9 Å². The fourth-order valence-corrected chi connectivity index (χ4v) is 6.57. The first-order chi connectivity index (χ1) is 15.9. The Balaban J connectivity index is 1.31. The molecule has 0 aliphatic carbocycles. The average Bonchev–Trinajstić information content (AvgIpc) is 3.54. The Labute approximate surface area is 196 Å². The molecular weight excluding hydrogens is 458 g/mol. The predicted molar refractivity (Wildman–Crippen MR) is 127 cm³/mol. The molecule has 0 saturated carbocycles. The summed E-state index contributed by atoms with van der Waals surface area (Å²) in [5, 5.41) is 1.87. The number of carbonyl (C=O) groups excluding carboxylic acids is 2. The predicted octanol–water partition coefficient (Wildman–Crippen LogP) is 3.10. The summed E-state index contributed by atoms with van der Waals surface area (Å²) in [6, 6.07) is 17.4. The Hall–Kier alpha value is -3.17. The molecule has 33 heavy (non-hydrogen) atoms. The second-order valence-corrected chi connectivity index (χ2v) is 10.9. The molecule has 2 amide bonds. The Morgan fingerprint density at radius 3 is 2.24 bits per heavy atom. The molecule has 2 aliphatic rings. The fraction of sp³-hybridized carbons (Fsp3) is 0.250. The first kappa shape index (κ1) is 21.7. The van der Waals surface area contributed by atoms with Gasteiger partial charge in [0.2, 0.25) is 0 Å². The molecule has 0 spiro atoms. The van der Waals surface area contributed by atoms with Gasteiger partial charge in [-0.25, -0.2) is 8.42 Å². The van der Waals surface area contributed by atoms with Crippen LogP contribution < -0.4 is 4.31 Å². The van der Waals surface area contributed by atoms with Crippen molar-refractivity contribution < 1.29 is 18.0 Å². The van der Waals surface area contributed by atoms with E-state index in [-0.39, 0.29) is 16.7 Å². The minimum Gasteiger partial charge on any atom is -0.335 e. The van der Waals surface area contributed by atoms with Crippen LogP contribution in [0.15, 0.2) is 70.9 Å². The largest absolute Gasteiger partial charge is 0.335 e. The molecule has 0 radical (unpaired) electrons. The highest BCUT2D eigenvalue weighted by Crippen LogP contribution is 2.32. The highest BCUT2D eigenvalue weighted by molar-refractivity contribution is 7.92. The van der Waals surface area contributed by atoms with Crippen molar-refractivity contribution >= 4 is 38.9 Å². The summed E-state index contributed by atoms with van der Waals surface area (Å²) < 4.78 is 28.1. The van der Waals surface area contributed by atoms with Gasteiger partial charge >= 0.3 is 0 Å². The topological polar surface area (TPSA) is 78.0 Å². The second kappa shape index (κ2) is 8.64. The van der Waals surface area contributed by atoms with Crippen molar-refractivity contribution in [1.82, 2.24) is 9.80 Å². The lowest BCUT2D eigenvalue weighted by Gasteiger charge is -2.34. The van der Waals surface area contributed by atoms with Crippen LogP contribution in [0.1, 0.15) is 25.6 Å². The fourth-order valence-electron chi connectivity index (χ4n) is 4.33. The number of benzene rings is 2. The maximum atomic E-state index is 13.3. The van der Waals surface area contributed by atoms with E-state index >= 15 is 0 Å². The van der Waals surface area contributed by atoms with Gasteiger partial charge in [-0.05, 0) is 47.7 Å². The van der Waals surface area contributed by atoms with Crippen molar-refractivity contribution in [1.29, 1.82) is 0 Å². The minimum absolute atomic E-state index is 0.0175. The number of thiophene rings is 1. The third-order valence-electron chi connectivity index (χ3n) is 6.10. The first-order valence-electron chi connectivity index (χ1n) is 10.8. The van der Waals surface area contributed by atoms with Gasteiger partial charge in [0.1, 0.15) is 0 Å². The molecule has 0 atom stereocenters. The maximum Gasteiger partial charge on any atom is 0.264 e. The molecular formula is C24H23N3O4S2. The lowest BCUT2D eigenvalue weighted by atomic mass is 10.2. The van der Waals surface area contributed by atoms with Crippen LogP contribution in [0.2, 0.25) is 0 Å². The van der Waals surface area contributed by atoms with E-state index in [1.54, 1.807) is 28.0 Å². The number of amides is 2. The summed E-state index contributed by atoms with van der Waals surface area (Å²) in [6.07, 6.45) is 0.669. The van der Waals surface area contributed by atoms with E-state index < -0.39 is 10.0 Å². The summed E-state index contributed by atoms with van der Waals surface area (Å²) in [5.41, 5.74) is 2.03. The van der Waals surface area contributed by atoms with Crippen LogP contribution in [-0.2, 0) is 16.4 Å². The third-order valence-corrected chi connectivity index (χ3v) is 8.77. The normalized spacial score (nSPS) is 16.1. The summed E-state index contributed by atoms with van der Waals surface area (Å²) in [6.45, 7) is 2.11. The van der Waals surface area contributed by atoms with Crippen LogP contribution in [0, 0.1) is 0 Å². The number of fused-ring (bicyclic) bond motifs is 1. The number of carbonyl (C=O) groups is 2. The average molecular weight is 482 g/mol. The second-order valence-electron chi connectivity index (χ2n) is 8.05. The monoisotopic (exact) mass is 481 g/mol. The Morgan fingerprint density at radius 2 is 1.52 bits per heavy atom. The molecule has 2 aromatic carbocycles. The Morgan fingerprint density at radius 1 is 0.788 bits per heavy atom. The SMILES string of the molecule is O=C(c1cccc(S(=O)(=O)N2CCc3ccccc32)c1)N1CCN(C(=O)c2cccs2)CC1. The van der Waals surface area contributed by atoms with Crippen molar-refractivity contribution in [3.8, 4) is 0 Å². The Kier molecular flexibility index (Phi) is 5.67. The molecule has 1 aromatic heterocycles. The zero-order valence-corrected chi connectivity index (χ0v) is 19.5. The molecule has 5 rings (SSSR count). The van der Waals surface area contributed by atoms with Crippen LogP contribution in [0.25, 0.3) is 0 Å². The highest BCUT2D eigenvalue weighted by atomic mass is 32.2. The van der Waals surface area contributed by atoms with E-state index in [9.17, 15) is 18.0 Å². The first-order valence-corrected chi connectivity index (χ1v) is 13.1. The van der Waals surface area contributed by atoms with E-state index in [2.05, 4.69) is 0 Å². The molecule has 170 valence electrons. The van der Waals surface area contributed by atoms with Crippen molar-refractivity contribution in [3.63, 3.8) is 0 Å². The molecule has 3 heterocycles. The highest BCUT2D eigenvalue weighted by Gasteiger charge is 2.32. The molecule has 0 bridgehead atoms. The molecule has 2 aliphatic heterocycles. The van der Waals surface area contributed by atoms with Crippen LogP contribution >= 0.6 is 11.3 Å². The number of hydrogen-bond donors (Lipinski definition) is 0. The lowest BCUT2D eigenvalue weighted by molar-refractivity contribution is 0.0538. The molecule has 3 aromatic rings. The number of hydrogen-bond acceptors (Lipinski definition) is 5. The van der Waals surface area contributed by atoms with Crippen molar-refractivity contribution in [2.75, 3.05) is 37.0 Å². The van der Waals surface area contributed by atoms with Crippen molar-refractivity contribution in [2.45, 2.75) is 11.3 Å². The molecule has 9 heteroatoms. The lowest BCUT2D eigenvalue weighted by Crippen LogP contribution is -2.50. The summed E-state index contributed by atoms with van der Waals surface area (Å²) >= 11 is 1.41. The zero-order chi connectivity index (χ0) is 23.0. The molecule has 7 nitrogen and oxygen atoms in total. The number of rotatable bonds is 4. The molecule has 0 unspecified atom stereocenters. The van der Waals surface area contributed by atoms with Crippen LogP contribution in [0.3, 0.4) is 0 Å². The number of sulfonamides is 1. The summed E-state index contributed by atoms with van der Waals surface area (Å²) in [4.78, 5) is 29.9. The van der Waals surface area contributed by atoms with Crippen molar-refractivity contribution in [3.05, 3.63) is 82.0 Å². The number of anilines is 1. The van der Waals surface area contributed by atoms with Gasteiger partial charge in [0.15, 0.2) is 0 Å². The number of nitrogens with zero attached hydrogens (tertiary/aromatic N) is 3. The van der Waals surface area contributed by atoms with Gasteiger partial charge in [-0.1, -0.05) is 30.3 Å². The molecule has 0 N–H and O–H groups in total. The van der Waals surface area contributed by atoms with Gasteiger partial charge in [-0.15, -0.1) is 11.3 Å². The third kappa shape index (κ3) is 4.02. The standard InChI is InChI=1S/C24H23N3O4S2/c28-23(25-12-14-26(15-13-25)24(29)22-9-4-16-32-22)19-6-3-7-20(17-19)33(30,31)27-11-10-18-5-1-2-8-21(18)27/h1-9,16-17H,10-15H2. The summed E-state index contributed by atoms with van der Waals surface area (Å²) in [5.74, 6) is -0.242. The van der Waals surface area contributed by atoms with Gasteiger partial charge in [0.05, 0.1) is 15.5 Å². The summed E-state index contributed by atoms with van der Waals surface area (Å²) in [7, 11) is -3.77. The van der Waals surface area contributed by atoms with Crippen LogP contribution in [0.5, 0.6) is 0 Å². The van der Waals surface area contributed by atoms with E-state index in [0.717, 1.165) is 5.56 Å². The Bertz CT molecular complexity index is 1300. The number of piperazine rings is 1. The van der Waals surface area contributed by atoms with E-state index in [4.69, 9.17) is 0 Å². The van der Waals surface area contributed by atoms with E-state index in [0.29, 0.717) is 55.3 Å². The smallest absolute Gasteiger partial charge is 0.264 e. The van der Waals surface area contributed by atoms with Crippen LogP contribution in [0.4, 0.5) is 5.69 Å². The zero-order valence-electron chi connectivity index (χ0n) is 17.9. The van der Waals surface area contributed by atoms with Crippen LogP contribution in [-0.4, -0.2) is 62.8 Å². The van der Waals surface area contributed by atoms with E-state index in [1.807, 2.05) is 35.7 Å². The van der Waals surface area contributed by atoms with Gasteiger partial charge < -0.3 is 9.80 Å². The van der Waals surface area contributed by atoms with Gasteiger partial charge in [-0.2, -0.15) is 0 Å². The van der Waals surface area contributed by atoms with E-state index in [1.165, 1.54) is 27.8 Å². The van der Waals surface area contributed by atoms with Gasteiger partial charge in [0.25, 0.3) is 21.8 Å². The molecule has 1 fully saturated rings.